The minimum absolute atomic E-state index is 0.0953. The average Bonchev–Trinajstić information content (AvgIpc) is 3.60. The molecule has 0 atom stereocenters. The number of aryl methyl sites for hydroxylation is 1. The van der Waals surface area contributed by atoms with Crippen LogP contribution in [-0.2, 0) is 11.8 Å². The summed E-state index contributed by atoms with van der Waals surface area (Å²) in [5.41, 5.74) is 3.62. The Labute approximate surface area is 231 Å². The highest BCUT2D eigenvalue weighted by Crippen LogP contribution is 2.37. The van der Waals surface area contributed by atoms with Crippen molar-refractivity contribution in [1.82, 2.24) is 34.7 Å². The average molecular weight is 542 g/mol. The fourth-order valence-electron chi connectivity index (χ4n) is 5.85. The van der Waals surface area contributed by atoms with E-state index in [-0.39, 0.29) is 11.8 Å². The highest BCUT2D eigenvalue weighted by Gasteiger charge is 2.40. The van der Waals surface area contributed by atoms with Gasteiger partial charge in [-0.15, -0.1) is 0 Å². The lowest BCUT2D eigenvalue weighted by atomic mass is 9.75. The Morgan fingerprint density at radius 1 is 1.15 bits per heavy atom. The zero-order valence-corrected chi connectivity index (χ0v) is 22.7. The molecule has 1 N–H and O–H groups in total. The Morgan fingerprint density at radius 3 is 2.58 bits per heavy atom. The van der Waals surface area contributed by atoms with E-state index in [9.17, 15) is 14.4 Å². The summed E-state index contributed by atoms with van der Waals surface area (Å²) in [6.45, 7) is 4.10. The first kappa shape index (κ1) is 25.9. The van der Waals surface area contributed by atoms with Crippen LogP contribution in [0.1, 0.15) is 44.6 Å². The number of nitrogens with one attached hydrogen (secondary N) is 1. The molecule has 0 radical (unpaired) electrons. The van der Waals surface area contributed by atoms with Gasteiger partial charge in [-0.1, -0.05) is 6.92 Å². The summed E-state index contributed by atoms with van der Waals surface area (Å²) in [6.07, 6.45) is 11.4. The highest BCUT2D eigenvalue weighted by atomic mass is 19.1. The van der Waals surface area contributed by atoms with Gasteiger partial charge in [0.1, 0.15) is 29.1 Å². The first-order chi connectivity index (χ1) is 19.4. The molecule has 1 saturated heterocycles. The van der Waals surface area contributed by atoms with Gasteiger partial charge in [0.2, 0.25) is 5.91 Å². The van der Waals surface area contributed by atoms with Crippen LogP contribution in [0.2, 0.25) is 0 Å². The van der Waals surface area contributed by atoms with Gasteiger partial charge in [0.25, 0.3) is 0 Å². The predicted octanol–water partition coefficient (Wildman–Crippen LogP) is 3.92. The van der Waals surface area contributed by atoms with Gasteiger partial charge in [0.15, 0.2) is 0 Å². The van der Waals surface area contributed by atoms with Gasteiger partial charge in [-0.25, -0.2) is 18.9 Å². The van der Waals surface area contributed by atoms with Crippen LogP contribution < -0.4 is 10.2 Å². The van der Waals surface area contributed by atoms with Crippen LogP contribution >= 0.6 is 0 Å². The number of rotatable bonds is 7. The molecule has 1 aliphatic heterocycles. The summed E-state index contributed by atoms with van der Waals surface area (Å²) in [5.74, 6) is 1.20. The molecule has 4 aromatic rings. The second-order valence-corrected chi connectivity index (χ2v) is 11.0. The molecule has 2 fully saturated rings. The van der Waals surface area contributed by atoms with Gasteiger partial charge in [0, 0.05) is 50.2 Å². The quantitative estimate of drug-likeness (QED) is 0.377. The summed E-state index contributed by atoms with van der Waals surface area (Å²) in [7, 11) is 1.85. The van der Waals surface area contributed by atoms with E-state index in [1.165, 1.54) is 0 Å². The largest absolute Gasteiger partial charge is 0.357 e. The van der Waals surface area contributed by atoms with Gasteiger partial charge in [-0.3, -0.25) is 9.48 Å². The van der Waals surface area contributed by atoms with Crippen LogP contribution in [0.15, 0.2) is 43.1 Å². The predicted molar refractivity (Wildman–Crippen MR) is 148 cm³/mol. The number of anilines is 1. The van der Waals surface area contributed by atoms with Crippen molar-refractivity contribution in [1.29, 1.82) is 5.26 Å². The maximum atomic E-state index is 13.1. The summed E-state index contributed by atoms with van der Waals surface area (Å²) in [4.78, 5) is 25.0. The van der Waals surface area contributed by atoms with E-state index < -0.39 is 11.6 Å². The van der Waals surface area contributed by atoms with Crippen molar-refractivity contribution in [2.75, 3.05) is 24.5 Å². The van der Waals surface area contributed by atoms with Crippen LogP contribution in [0, 0.1) is 22.7 Å². The molecule has 5 heterocycles. The van der Waals surface area contributed by atoms with E-state index in [0.717, 1.165) is 49.3 Å². The zero-order chi connectivity index (χ0) is 27.9. The molecule has 6 rings (SSSR count). The molecular weight excluding hydrogens is 509 g/mol. The van der Waals surface area contributed by atoms with E-state index in [0.29, 0.717) is 41.9 Å². The van der Waals surface area contributed by atoms with E-state index in [1.807, 2.05) is 25.4 Å². The van der Waals surface area contributed by atoms with Crippen LogP contribution in [-0.4, -0.2) is 61.1 Å². The lowest BCUT2D eigenvalue weighted by Crippen LogP contribution is -2.50. The molecule has 2 aliphatic rings. The lowest BCUT2D eigenvalue weighted by Gasteiger charge is -2.41. The summed E-state index contributed by atoms with van der Waals surface area (Å²) in [5, 5.41) is 21.4. The molecule has 10 nitrogen and oxygen atoms in total. The Kier molecular flexibility index (Phi) is 6.70. The molecule has 0 unspecified atom stereocenters. The third-order valence-corrected chi connectivity index (χ3v) is 8.57. The molecule has 4 aromatic heterocycles. The van der Waals surface area contributed by atoms with Crippen molar-refractivity contribution in [3.8, 4) is 28.6 Å². The fourth-order valence-corrected chi connectivity index (χ4v) is 5.85. The zero-order valence-electron chi connectivity index (χ0n) is 22.7. The van der Waals surface area contributed by atoms with Crippen molar-refractivity contribution >= 4 is 17.2 Å². The van der Waals surface area contributed by atoms with Crippen LogP contribution in [0.25, 0.3) is 28.0 Å². The first-order valence-corrected chi connectivity index (χ1v) is 13.8. The Bertz CT molecular complexity index is 1570. The number of hydrogen-bond acceptors (Lipinski definition) is 7. The first-order valence-electron chi connectivity index (χ1n) is 13.8. The molecule has 0 bridgehead atoms. The maximum absolute atomic E-state index is 13.1. The molecule has 1 saturated carbocycles. The molecule has 11 heteroatoms. The Balaban J connectivity index is 1.20. The summed E-state index contributed by atoms with van der Waals surface area (Å²) >= 11 is 0. The fraction of sp³-hybridized carbons (Fsp3) is 0.448. The number of alkyl halides is 1. The Morgan fingerprint density at radius 2 is 1.95 bits per heavy atom. The molecule has 206 valence electrons. The van der Waals surface area contributed by atoms with E-state index in [1.54, 1.807) is 34.0 Å². The number of nitriles is 1. The van der Waals surface area contributed by atoms with Crippen LogP contribution in [0.4, 0.5) is 10.2 Å². The maximum Gasteiger partial charge on any atom is 0.226 e. The number of pyridine rings is 1. The number of carbonyl (C=O) groups excluding carboxylic acids is 1. The number of piperidine rings is 1. The number of aromatic nitrogens is 6. The molecule has 1 aliphatic carbocycles. The molecule has 1 amide bonds. The van der Waals surface area contributed by atoms with Gasteiger partial charge in [-0.2, -0.15) is 15.5 Å². The molecular formula is C29H32FN9O. The SMILES string of the molecule is CCC1(C(=O)NCC2CC(F)C2)CCN(c2ccc(-c3nc(-c4cnn(C)c4)cn4ncc(C#N)c34)cn2)CC1. The molecule has 0 aromatic carbocycles. The van der Waals surface area contributed by atoms with Crippen molar-refractivity contribution in [2.45, 2.75) is 45.2 Å². The van der Waals surface area contributed by atoms with E-state index in [2.05, 4.69) is 33.4 Å². The minimum atomic E-state index is -0.704. The number of hydrogen-bond donors (Lipinski definition) is 1. The van der Waals surface area contributed by atoms with Crippen LogP contribution in [0.3, 0.4) is 0 Å². The third-order valence-electron chi connectivity index (χ3n) is 8.57. The number of amides is 1. The Hall–Kier alpha value is -4.33. The second-order valence-electron chi connectivity index (χ2n) is 11.0. The lowest BCUT2D eigenvalue weighted by molar-refractivity contribution is -0.133. The van der Waals surface area contributed by atoms with Crippen molar-refractivity contribution in [2.24, 2.45) is 18.4 Å². The van der Waals surface area contributed by atoms with Crippen molar-refractivity contribution in [3.63, 3.8) is 0 Å². The number of nitrogens with zero attached hydrogens (tertiary/aromatic N) is 8. The number of carbonyl (C=O) groups is 1. The third kappa shape index (κ3) is 4.68. The smallest absolute Gasteiger partial charge is 0.226 e. The number of halogens is 1. The van der Waals surface area contributed by atoms with E-state index in [4.69, 9.17) is 9.97 Å². The monoisotopic (exact) mass is 541 g/mol. The summed E-state index contributed by atoms with van der Waals surface area (Å²) in [6, 6.07) is 6.15. The standard InChI is InChI=1S/C29H32FN9O/c1-3-29(28(40)33-13-19-10-23(30)11-19)6-8-38(9-7-29)25-5-4-20(14-32-25)26-27-21(12-31)15-35-39(27)18-24(36-26)22-16-34-37(2)17-22/h4-5,14-19,23H,3,6-11,13H2,1-2H3,(H,33,40). The highest BCUT2D eigenvalue weighted by molar-refractivity contribution is 5.84. The van der Waals surface area contributed by atoms with Gasteiger partial charge in [0.05, 0.1) is 35.4 Å². The van der Waals surface area contributed by atoms with E-state index >= 15 is 0 Å². The van der Waals surface area contributed by atoms with Gasteiger partial charge >= 0.3 is 0 Å². The normalized spacial score (nSPS) is 20.2. The van der Waals surface area contributed by atoms with Gasteiger partial charge in [-0.05, 0) is 50.2 Å². The molecule has 40 heavy (non-hydrogen) atoms. The van der Waals surface area contributed by atoms with Gasteiger partial charge < -0.3 is 10.2 Å². The second kappa shape index (κ2) is 10.3. The van der Waals surface area contributed by atoms with Crippen LogP contribution in [0.5, 0.6) is 0 Å². The number of fused-ring (bicyclic) bond motifs is 1. The topological polar surface area (TPSA) is 117 Å². The molecule has 0 spiro atoms. The minimum Gasteiger partial charge on any atom is -0.357 e. The van der Waals surface area contributed by atoms with Crippen molar-refractivity contribution in [3.05, 3.63) is 48.7 Å². The summed E-state index contributed by atoms with van der Waals surface area (Å²) < 4.78 is 16.5. The van der Waals surface area contributed by atoms with Crippen molar-refractivity contribution < 1.29 is 9.18 Å².